The van der Waals surface area contributed by atoms with Gasteiger partial charge in [0.2, 0.25) is 5.91 Å². The first-order valence-electron chi connectivity index (χ1n) is 10.2. The van der Waals surface area contributed by atoms with Crippen LogP contribution in [0.4, 0.5) is 0 Å². The number of nitrogens with one attached hydrogen (secondary N) is 2. The molecule has 2 aromatic carbocycles. The number of hydrogen-bond donors (Lipinski definition) is 2. The molecule has 2 aromatic rings. The number of hydrogen-bond acceptors (Lipinski definition) is 5. The molecule has 8 nitrogen and oxygen atoms in total. The van der Waals surface area contributed by atoms with E-state index in [9.17, 15) is 14.4 Å². The summed E-state index contributed by atoms with van der Waals surface area (Å²) >= 11 is 0. The van der Waals surface area contributed by atoms with Gasteiger partial charge in [-0.1, -0.05) is 12.1 Å². The van der Waals surface area contributed by atoms with E-state index in [4.69, 9.17) is 9.47 Å². The molecule has 3 rings (SSSR count). The number of methoxy groups -OCH3 is 1. The van der Waals surface area contributed by atoms with E-state index in [-0.39, 0.29) is 12.0 Å². The summed E-state index contributed by atoms with van der Waals surface area (Å²) in [5, 5.41) is 0. The molecule has 1 aliphatic rings. The Bertz CT molecular complexity index is 973. The zero-order valence-corrected chi connectivity index (χ0v) is 17.9. The summed E-state index contributed by atoms with van der Waals surface area (Å²) in [6.45, 7) is 4.99. The van der Waals surface area contributed by atoms with Crippen LogP contribution in [0.1, 0.15) is 53.0 Å². The van der Waals surface area contributed by atoms with Crippen LogP contribution in [-0.4, -0.2) is 42.4 Å². The highest BCUT2D eigenvalue weighted by molar-refractivity contribution is 5.99. The Morgan fingerprint density at radius 2 is 1.74 bits per heavy atom. The maximum Gasteiger partial charge on any atom is 0.269 e. The van der Waals surface area contributed by atoms with Crippen LogP contribution >= 0.6 is 0 Å². The topological polar surface area (TPSA) is 97.0 Å². The van der Waals surface area contributed by atoms with E-state index in [1.165, 1.54) is 7.11 Å². The van der Waals surface area contributed by atoms with Crippen molar-refractivity contribution >= 4 is 17.7 Å². The van der Waals surface area contributed by atoms with E-state index in [0.717, 1.165) is 18.5 Å². The summed E-state index contributed by atoms with van der Waals surface area (Å²) < 4.78 is 10.9. The highest BCUT2D eigenvalue weighted by atomic mass is 16.5. The van der Waals surface area contributed by atoms with Crippen LogP contribution in [0.15, 0.2) is 42.5 Å². The third kappa shape index (κ3) is 5.75. The second-order valence-corrected chi connectivity index (χ2v) is 7.56. The van der Waals surface area contributed by atoms with Gasteiger partial charge >= 0.3 is 0 Å². The number of carbonyl (C=O) groups is 3. The number of rotatable bonds is 7. The third-order valence-electron chi connectivity index (χ3n) is 4.81. The molecule has 1 fully saturated rings. The molecule has 0 unspecified atom stereocenters. The van der Waals surface area contributed by atoms with E-state index < -0.39 is 11.8 Å². The highest BCUT2D eigenvalue weighted by Gasteiger charge is 2.20. The molecule has 1 saturated heterocycles. The van der Waals surface area contributed by atoms with E-state index in [2.05, 4.69) is 10.9 Å². The summed E-state index contributed by atoms with van der Waals surface area (Å²) in [7, 11) is 1.49. The summed E-state index contributed by atoms with van der Waals surface area (Å²) in [5.74, 6) is 0.154. The lowest BCUT2D eigenvalue weighted by Crippen LogP contribution is -2.41. The zero-order valence-electron chi connectivity index (χ0n) is 17.9. The SMILES string of the molecule is COc1cc(C(=O)NNC(=O)c2cccc(CN3CCCC3=O)c2)ccc1OC(C)C. The van der Waals surface area contributed by atoms with Crippen molar-refractivity contribution in [1.29, 1.82) is 0 Å². The fourth-order valence-electron chi connectivity index (χ4n) is 3.32. The van der Waals surface area contributed by atoms with Crippen molar-refractivity contribution in [2.45, 2.75) is 39.3 Å². The Balaban J connectivity index is 1.61. The smallest absolute Gasteiger partial charge is 0.269 e. The van der Waals surface area contributed by atoms with Gasteiger partial charge in [-0.15, -0.1) is 0 Å². The van der Waals surface area contributed by atoms with Crippen LogP contribution in [0, 0.1) is 0 Å². The van der Waals surface area contributed by atoms with E-state index in [1.54, 1.807) is 41.3 Å². The van der Waals surface area contributed by atoms with Gasteiger partial charge in [0.25, 0.3) is 11.8 Å². The molecule has 3 amide bonds. The maximum atomic E-state index is 12.5. The highest BCUT2D eigenvalue weighted by Crippen LogP contribution is 2.28. The van der Waals surface area contributed by atoms with Crippen LogP contribution in [0.3, 0.4) is 0 Å². The number of benzene rings is 2. The summed E-state index contributed by atoms with van der Waals surface area (Å²) in [6, 6.07) is 11.8. The molecular formula is C23H27N3O5. The monoisotopic (exact) mass is 425 g/mol. The average molecular weight is 425 g/mol. The Hall–Kier alpha value is -3.55. The fourth-order valence-corrected chi connectivity index (χ4v) is 3.32. The second kappa shape index (κ2) is 9.97. The Kier molecular flexibility index (Phi) is 7.12. The van der Waals surface area contributed by atoms with Gasteiger partial charge in [0.15, 0.2) is 11.5 Å². The number of likely N-dealkylation sites (tertiary alicyclic amines) is 1. The molecule has 31 heavy (non-hydrogen) atoms. The minimum atomic E-state index is -0.485. The summed E-state index contributed by atoms with van der Waals surface area (Å²) in [5.41, 5.74) is 6.40. The molecule has 0 saturated carbocycles. The maximum absolute atomic E-state index is 12.5. The third-order valence-corrected chi connectivity index (χ3v) is 4.81. The van der Waals surface area contributed by atoms with E-state index >= 15 is 0 Å². The lowest BCUT2D eigenvalue weighted by Gasteiger charge is -2.16. The molecular weight excluding hydrogens is 398 g/mol. The number of nitrogens with zero attached hydrogens (tertiary/aromatic N) is 1. The lowest BCUT2D eigenvalue weighted by atomic mass is 10.1. The molecule has 8 heteroatoms. The van der Waals surface area contributed by atoms with Crippen molar-refractivity contribution in [1.82, 2.24) is 15.8 Å². The summed E-state index contributed by atoms with van der Waals surface area (Å²) in [6.07, 6.45) is 1.40. The molecule has 0 aliphatic carbocycles. The molecule has 0 atom stereocenters. The van der Waals surface area contributed by atoms with Gasteiger partial charge in [0.1, 0.15) is 0 Å². The molecule has 1 aliphatic heterocycles. The largest absolute Gasteiger partial charge is 0.493 e. The molecule has 0 aromatic heterocycles. The molecule has 0 spiro atoms. The number of carbonyl (C=O) groups excluding carboxylic acids is 3. The number of hydrazine groups is 1. The summed E-state index contributed by atoms with van der Waals surface area (Å²) in [4.78, 5) is 38.5. The standard InChI is InChI=1S/C23H27N3O5/c1-15(2)31-19-10-9-18(13-20(19)30-3)23(29)25-24-22(28)17-7-4-6-16(12-17)14-26-11-5-8-21(26)27/h4,6-7,9-10,12-13,15H,5,8,11,14H2,1-3H3,(H,24,28)(H,25,29). The van der Waals surface area contributed by atoms with Crippen LogP contribution < -0.4 is 20.3 Å². The van der Waals surface area contributed by atoms with Crippen molar-refractivity contribution in [3.8, 4) is 11.5 Å². The van der Waals surface area contributed by atoms with E-state index in [1.807, 2.05) is 19.9 Å². The molecule has 0 bridgehead atoms. The Morgan fingerprint density at radius 3 is 2.35 bits per heavy atom. The van der Waals surface area contributed by atoms with Crippen molar-refractivity contribution < 1.29 is 23.9 Å². The normalized spacial score (nSPS) is 13.3. The van der Waals surface area contributed by atoms with Crippen molar-refractivity contribution in [2.24, 2.45) is 0 Å². The first-order valence-corrected chi connectivity index (χ1v) is 10.2. The van der Waals surface area contributed by atoms with Gasteiger partial charge in [-0.3, -0.25) is 25.2 Å². The zero-order chi connectivity index (χ0) is 22.4. The minimum Gasteiger partial charge on any atom is -0.493 e. The quantitative estimate of drug-likeness (QED) is 0.665. The molecule has 2 N–H and O–H groups in total. The first kappa shape index (κ1) is 22.1. The van der Waals surface area contributed by atoms with Gasteiger partial charge < -0.3 is 14.4 Å². The predicted octanol–water partition coefficient (Wildman–Crippen LogP) is 2.68. The van der Waals surface area contributed by atoms with Crippen molar-refractivity contribution in [3.63, 3.8) is 0 Å². The molecule has 0 radical (unpaired) electrons. The Labute approximate surface area is 181 Å². The fraction of sp³-hybridized carbons (Fsp3) is 0.348. The number of ether oxygens (including phenoxy) is 2. The van der Waals surface area contributed by atoms with Crippen molar-refractivity contribution in [2.75, 3.05) is 13.7 Å². The van der Waals surface area contributed by atoms with E-state index in [0.29, 0.717) is 35.6 Å². The van der Waals surface area contributed by atoms with Gasteiger partial charge in [-0.25, -0.2) is 0 Å². The van der Waals surface area contributed by atoms with Crippen molar-refractivity contribution in [3.05, 3.63) is 59.2 Å². The minimum absolute atomic E-state index is 0.0350. The predicted molar refractivity (Wildman–Crippen MR) is 115 cm³/mol. The first-order chi connectivity index (χ1) is 14.9. The van der Waals surface area contributed by atoms with Crippen LogP contribution in [-0.2, 0) is 11.3 Å². The van der Waals surface area contributed by atoms with Gasteiger partial charge in [0, 0.05) is 30.6 Å². The van der Waals surface area contributed by atoms with Gasteiger partial charge in [0.05, 0.1) is 13.2 Å². The second-order valence-electron chi connectivity index (χ2n) is 7.56. The van der Waals surface area contributed by atoms with Crippen LogP contribution in [0.5, 0.6) is 11.5 Å². The number of amides is 3. The van der Waals surface area contributed by atoms with Gasteiger partial charge in [-0.2, -0.15) is 0 Å². The van der Waals surface area contributed by atoms with Crippen LogP contribution in [0.25, 0.3) is 0 Å². The lowest BCUT2D eigenvalue weighted by molar-refractivity contribution is -0.128. The molecule has 164 valence electrons. The average Bonchev–Trinajstić information content (AvgIpc) is 3.16. The Morgan fingerprint density at radius 1 is 1.03 bits per heavy atom. The van der Waals surface area contributed by atoms with Gasteiger partial charge in [-0.05, 0) is 56.2 Å². The van der Waals surface area contributed by atoms with Crippen LogP contribution in [0.2, 0.25) is 0 Å². The molecule has 1 heterocycles.